The summed E-state index contributed by atoms with van der Waals surface area (Å²) in [5, 5.41) is 31.5. The van der Waals surface area contributed by atoms with Gasteiger partial charge in [0.1, 0.15) is 18.8 Å². The monoisotopic (exact) mass is 1080 g/mol. The van der Waals surface area contributed by atoms with E-state index in [1.807, 2.05) is 0 Å². The molecule has 1 rings (SSSR count). The van der Waals surface area contributed by atoms with Gasteiger partial charge in [-0.1, -0.05) is 209 Å². The third kappa shape index (κ3) is 42.5. The first-order valence-electron chi connectivity index (χ1n) is 30.6. The largest absolute Gasteiger partial charge is 0.479 e. The first-order valence-corrected chi connectivity index (χ1v) is 30.6. The molecule has 1 fully saturated rings. The van der Waals surface area contributed by atoms with E-state index >= 15 is 0 Å². The summed E-state index contributed by atoms with van der Waals surface area (Å²) in [7, 11) is 0. The number of carboxylic acid groups (broad SMARTS) is 1. The number of carboxylic acids is 1. The third-order valence-corrected chi connectivity index (χ3v) is 13.4. The fourth-order valence-electron chi connectivity index (χ4n) is 8.80. The van der Waals surface area contributed by atoms with Gasteiger partial charge < -0.3 is 39.0 Å². The Morgan fingerprint density at radius 1 is 0.442 bits per heavy atom. The Bertz CT molecular complexity index is 1660. The Kier molecular flexibility index (Phi) is 48.4. The minimum atomic E-state index is -1.91. The van der Waals surface area contributed by atoms with E-state index in [4.69, 9.17) is 23.7 Å². The summed E-state index contributed by atoms with van der Waals surface area (Å²) in [5.41, 5.74) is 0. The molecule has 0 saturated carbocycles. The van der Waals surface area contributed by atoms with Gasteiger partial charge in [-0.2, -0.15) is 0 Å². The Morgan fingerprint density at radius 2 is 0.818 bits per heavy atom. The molecule has 0 aromatic heterocycles. The Hall–Kier alpha value is -4.10. The van der Waals surface area contributed by atoms with Crippen LogP contribution >= 0.6 is 0 Å². The molecule has 3 N–H and O–H groups in total. The second-order valence-electron chi connectivity index (χ2n) is 20.6. The molecule has 440 valence electrons. The van der Waals surface area contributed by atoms with Crippen molar-refractivity contribution in [2.75, 3.05) is 13.2 Å². The predicted octanol–water partition coefficient (Wildman–Crippen LogP) is 15.9. The number of carbonyl (C=O) groups is 4. The van der Waals surface area contributed by atoms with Crippen LogP contribution in [0.15, 0.2) is 85.1 Å². The van der Waals surface area contributed by atoms with E-state index in [1.54, 1.807) is 0 Å². The molecule has 0 radical (unpaired) electrons. The van der Waals surface area contributed by atoms with Gasteiger partial charge in [0, 0.05) is 19.3 Å². The molecule has 0 spiro atoms. The van der Waals surface area contributed by atoms with Crippen molar-refractivity contribution in [2.24, 2.45) is 0 Å². The molecule has 0 bridgehead atoms. The van der Waals surface area contributed by atoms with Crippen molar-refractivity contribution in [3.05, 3.63) is 85.1 Å². The van der Waals surface area contributed by atoms with Crippen molar-refractivity contribution in [1.29, 1.82) is 0 Å². The lowest BCUT2D eigenvalue weighted by atomic mass is 9.98. The van der Waals surface area contributed by atoms with E-state index in [9.17, 15) is 34.5 Å². The van der Waals surface area contributed by atoms with Gasteiger partial charge in [0.25, 0.3) is 0 Å². The van der Waals surface area contributed by atoms with Gasteiger partial charge in [-0.25, -0.2) is 4.79 Å². The van der Waals surface area contributed by atoms with Crippen molar-refractivity contribution < 1.29 is 58.2 Å². The summed E-state index contributed by atoms with van der Waals surface area (Å²) < 4.78 is 28.4. The van der Waals surface area contributed by atoms with Gasteiger partial charge in [-0.05, 0) is 109 Å². The number of carbonyl (C=O) groups excluding carboxylic acids is 3. The number of unbranched alkanes of at least 4 members (excludes halogenated alkanes) is 23. The molecule has 12 nitrogen and oxygen atoms in total. The fourth-order valence-corrected chi connectivity index (χ4v) is 8.80. The molecule has 1 heterocycles. The molecule has 0 aromatic rings. The van der Waals surface area contributed by atoms with Crippen LogP contribution in [0, 0.1) is 0 Å². The maximum Gasteiger partial charge on any atom is 0.335 e. The molecule has 12 heteroatoms. The normalized spacial score (nSPS) is 18.6. The van der Waals surface area contributed by atoms with E-state index in [-0.39, 0.29) is 25.9 Å². The number of aliphatic carboxylic acids is 1. The standard InChI is InChI=1S/C65H108O12/c1-4-7-10-13-16-19-22-25-27-29-31-34-36-39-42-45-48-51-57(66)73-54-56(75-58(67)52-49-46-43-40-37-33-24-21-18-15-12-9-6-3)55-74-65-63(61(70)60(69)62(77-65)64(71)72)76-59(68)53-50-47-44-41-38-35-32-30-28-26-23-20-17-14-11-8-5-2/h7,9-10,12,16,18-19,21,25-28,33,37,56,60-63,65,69-70H,4-6,8,11,13-15,17,20,22-24,29-32,34-36,38-55H2,1-3H3,(H,71,72)/b10-7-,12-9-,19-16-,21-18-,27-25-,28-26-,37-33-. The molecule has 77 heavy (non-hydrogen) atoms. The van der Waals surface area contributed by atoms with E-state index in [0.717, 1.165) is 135 Å². The van der Waals surface area contributed by atoms with Crippen molar-refractivity contribution >= 4 is 23.9 Å². The van der Waals surface area contributed by atoms with Crippen molar-refractivity contribution in [3.8, 4) is 0 Å². The SMILES string of the molecule is CC/C=C\C/C=C\C/C=C\CCCCCCCCCC(=O)OCC(COC1OC(C(=O)O)C(O)C(O)C1OC(=O)CCCCCCCCC/C=C\CCCCCCCC)OC(=O)CCCCC/C=C\C/C=C\C/C=C\CC. The second-order valence-corrected chi connectivity index (χ2v) is 20.6. The number of hydrogen-bond acceptors (Lipinski definition) is 11. The van der Waals surface area contributed by atoms with Gasteiger partial charge in [-0.3, -0.25) is 14.4 Å². The topological polar surface area (TPSA) is 175 Å². The number of esters is 3. The Balaban J connectivity index is 2.69. The number of allylic oxidation sites excluding steroid dienone is 14. The maximum absolute atomic E-state index is 13.1. The van der Waals surface area contributed by atoms with Gasteiger partial charge in [0.15, 0.2) is 24.6 Å². The summed E-state index contributed by atoms with van der Waals surface area (Å²) in [6, 6.07) is 0. The first kappa shape index (κ1) is 70.9. The van der Waals surface area contributed by atoms with E-state index in [2.05, 4.69) is 106 Å². The zero-order valence-electron chi connectivity index (χ0n) is 48.4. The molecular formula is C65H108O12. The summed E-state index contributed by atoms with van der Waals surface area (Å²) in [6.07, 6.45) is 55.5. The van der Waals surface area contributed by atoms with Crippen molar-refractivity contribution in [1.82, 2.24) is 0 Å². The number of ether oxygens (including phenoxy) is 5. The lowest BCUT2D eigenvalue weighted by Gasteiger charge is -2.40. The molecule has 0 aliphatic carbocycles. The highest BCUT2D eigenvalue weighted by Gasteiger charge is 2.50. The van der Waals surface area contributed by atoms with Crippen molar-refractivity contribution in [3.63, 3.8) is 0 Å². The van der Waals surface area contributed by atoms with Crippen LogP contribution in [0.2, 0.25) is 0 Å². The number of aliphatic hydroxyl groups excluding tert-OH is 2. The molecule has 1 saturated heterocycles. The average molecular weight is 1080 g/mol. The minimum Gasteiger partial charge on any atom is -0.479 e. The lowest BCUT2D eigenvalue weighted by Crippen LogP contribution is -2.61. The van der Waals surface area contributed by atoms with E-state index in [0.29, 0.717) is 19.3 Å². The predicted molar refractivity (Wildman–Crippen MR) is 312 cm³/mol. The highest BCUT2D eigenvalue weighted by atomic mass is 16.7. The van der Waals surface area contributed by atoms with Crippen LogP contribution < -0.4 is 0 Å². The molecular weight excluding hydrogens is 973 g/mol. The zero-order chi connectivity index (χ0) is 56.1. The molecule has 0 amide bonds. The molecule has 1 aliphatic heterocycles. The summed E-state index contributed by atoms with van der Waals surface area (Å²) in [6.45, 7) is 5.74. The summed E-state index contributed by atoms with van der Waals surface area (Å²) >= 11 is 0. The highest BCUT2D eigenvalue weighted by Crippen LogP contribution is 2.26. The Morgan fingerprint density at radius 3 is 1.27 bits per heavy atom. The van der Waals surface area contributed by atoms with Gasteiger partial charge >= 0.3 is 23.9 Å². The van der Waals surface area contributed by atoms with E-state index in [1.165, 1.54) is 57.8 Å². The zero-order valence-corrected chi connectivity index (χ0v) is 48.4. The second kappa shape index (κ2) is 52.6. The molecule has 1 aliphatic rings. The van der Waals surface area contributed by atoms with Gasteiger partial charge in [-0.15, -0.1) is 0 Å². The van der Waals surface area contributed by atoms with Crippen LogP contribution in [0.25, 0.3) is 0 Å². The van der Waals surface area contributed by atoms with Crippen LogP contribution in [0.3, 0.4) is 0 Å². The minimum absolute atomic E-state index is 0.0487. The molecule has 6 atom stereocenters. The van der Waals surface area contributed by atoms with Crippen LogP contribution in [0.4, 0.5) is 0 Å². The number of hydrogen-bond donors (Lipinski definition) is 3. The van der Waals surface area contributed by atoms with Crippen LogP contribution in [0.1, 0.15) is 252 Å². The van der Waals surface area contributed by atoms with Gasteiger partial charge in [0.2, 0.25) is 0 Å². The molecule has 0 aromatic carbocycles. The van der Waals surface area contributed by atoms with Crippen molar-refractivity contribution in [2.45, 2.75) is 289 Å². The first-order chi connectivity index (χ1) is 37.6. The quantitative estimate of drug-likeness (QED) is 0.0228. The molecule has 6 unspecified atom stereocenters. The third-order valence-electron chi connectivity index (χ3n) is 13.4. The number of aliphatic hydroxyl groups is 2. The summed E-state index contributed by atoms with van der Waals surface area (Å²) in [4.78, 5) is 51.2. The van der Waals surface area contributed by atoms with Crippen LogP contribution in [-0.2, 0) is 42.9 Å². The average Bonchev–Trinajstić information content (AvgIpc) is 3.42. The number of rotatable bonds is 51. The van der Waals surface area contributed by atoms with E-state index < -0.39 is 67.3 Å². The lowest BCUT2D eigenvalue weighted by molar-refractivity contribution is -0.301. The smallest absolute Gasteiger partial charge is 0.335 e. The summed E-state index contributed by atoms with van der Waals surface area (Å²) in [5.74, 6) is -3.18. The fraction of sp³-hybridized carbons (Fsp3) is 0.723. The highest BCUT2D eigenvalue weighted by molar-refractivity contribution is 5.74. The maximum atomic E-state index is 13.1. The van der Waals surface area contributed by atoms with Crippen LogP contribution in [-0.4, -0.2) is 89.2 Å². The Labute approximate surface area is 467 Å². The van der Waals surface area contributed by atoms with Gasteiger partial charge in [0.05, 0.1) is 6.61 Å². The van der Waals surface area contributed by atoms with Crippen LogP contribution in [0.5, 0.6) is 0 Å².